The van der Waals surface area contributed by atoms with Gasteiger partial charge in [-0.15, -0.1) is 8.97 Å². The Balaban J connectivity index is 2.21. The monoisotopic (exact) mass is 349 g/mol. The summed E-state index contributed by atoms with van der Waals surface area (Å²) < 4.78 is 34.6. The number of para-hydroxylation sites is 1. The van der Waals surface area contributed by atoms with Gasteiger partial charge in [-0.25, -0.2) is 4.98 Å². The predicted molar refractivity (Wildman–Crippen MR) is 80.6 cm³/mol. The molecule has 0 saturated carbocycles. The highest BCUT2D eigenvalue weighted by molar-refractivity contribution is 7.90. The third-order valence-corrected chi connectivity index (χ3v) is 4.40. The molecule has 124 valence electrons. The second kappa shape index (κ2) is 5.53. The average molecular weight is 349 g/mol. The molecule has 11 heteroatoms. The van der Waals surface area contributed by atoms with Crippen molar-refractivity contribution in [3.8, 4) is 0 Å². The molecule has 0 fully saturated rings. The maximum absolute atomic E-state index is 12.4. The average Bonchev–Trinajstić information content (AvgIpc) is 2.89. The van der Waals surface area contributed by atoms with Gasteiger partial charge in [-0.2, -0.15) is 13.4 Å². The van der Waals surface area contributed by atoms with Gasteiger partial charge in [-0.05, 0) is 26.0 Å². The Morgan fingerprint density at radius 3 is 2.67 bits per heavy atom. The van der Waals surface area contributed by atoms with Crippen molar-refractivity contribution in [1.29, 1.82) is 0 Å². The van der Waals surface area contributed by atoms with Crippen molar-refractivity contribution in [1.82, 2.24) is 14.5 Å². The summed E-state index contributed by atoms with van der Waals surface area (Å²) in [5.74, 6) is 0.143. The first-order valence-corrected chi connectivity index (χ1v) is 8.11. The van der Waals surface area contributed by atoms with Gasteiger partial charge >= 0.3 is 5.68 Å². The number of rotatable bonds is 3. The molecule has 0 aliphatic rings. The van der Waals surface area contributed by atoms with Gasteiger partial charge in [0, 0.05) is 11.8 Å². The Bertz CT molecular complexity index is 1130. The van der Waals surface area contributed by atoms with Crippen molar-refractivity contribution in [2.24, 2.45) is 4.40 Å². The van der Waals surface area contributed by atoms with E-state index in [1.165, 1.54) is 16.7 Å². The van der Waals surface area contributed by atoms with Gasteiger partial charge in [0.1, 0.15) is 0 Å². The number of nitro benzene ring substituents is 1. The topological polar surface area (TPSA) is 133 Å². The summed E-state index contributed by atoms with van der Waals surface area (Å²) in [6, 6.07) is 6.63. The van der Waals surface area contributed by atoms with Gasteiger partial charge in [0.25, 0.3) is 21.5 Å². The Labute approximate surface area is 135 Å². The molecule has 0 amide bonds. The zero-order chi connectivity index (χ0) is 17.5. The van der Waals surface area contributed by atoms with E-state index in [4.69, 9.17) is 4.52 Å². The van der Waals surface area contributed by atoms with E-state index in [1.54, 1.807) is 19.9 Å². The van der Waals surface area contributed by atoms with Crippen molar-refractivity contribution in [3.63, 3.8) is 0 Å². The largest absolute Gasteiger partial charge is 0.358 e. The molecule has 3 aromatic rings. The molecule has 3 rings (SSSR count). The molecule has 2 heterocycles. The number of fused-ring (bicyclic) bond motifs is 1. The van der Waals surface area contributed by atoms with E-state index in [0.717, 1.165) is 12.1 Å². The smallest absolute Gasteiger partial charge is 0.329 e. The fourth-order valence-electron chi connectivity index (χ4n) is 2.14. The number of aromatic nitrogens is 3. The minimum Gasteiger partial charge on any atom is -0.329 e. The second-order valence-electron chi connectivity index (χ2n) is 4.91. The van der Waals surface area contributed by atoms with Crippen LogP contribution in [-0.4, -0.2) is 27.9 Å². The lowest BCUT2D eigenvalue weighted by molar-refractivity contribution is -0.387. The third kappa shape index (κ3) is 2.76. The minimum absolute atomic E-state index is 0.143. The van der Waals surface area contributed by atoms with Crippen molar-refractivity contribution in [2.75, 3.05) is 0 Å². The number of hydrogen-bond donors (Lipinski definition) is 0. The zero-order valence-electron chi connectivity index (χ0n) is 12.6. The summed E-state index contributed by atoms with van der Waals surface area (Å²) in [5.41, 5.74) is 0.285. The van der Waals surface area contributed by atoms with Crippen LogP contribution in [0.3, 0.4) is 0 Å². The van der Waals surface area contributed by atoms with Gasteiger partial charge in [-0.3, -0.25) is 10.1 Å². The number of aryl methyl sites for hydroxylation is 2. The van der Waals surface area contributed by atoms with Crippen LogP contribution in [0.2, 0.25) is 0 Å². The van der Waals surface area contributed by atoms with Crippen molar-refractivity contribution in [2.45, 2.75) is 18.7 Å². The normalized spacial score (nSPS) is 12.7. The third-order valence-electron chi connectivity index (χ3n) is 3.10. The summed E-state index contributed by atoms with van der Waals surface area (Å²) >= 11 is 0. The van der Waals surface area contributed by atoms with Crippen LogP contribution in [0.15, 0.2) is 44.1 Å². The van der Waals surface area contributed by atoms with E-state index in [2.05, 4.69) is 14.4 Å². The molecule has 24 heavy (non-hydrogen) atoms. The lowest BCUT2D eigenvalue weighted by Crippen LogP contribution is -2.09. The Kier molecular flexibility index (Phi) is 3.64. The molecule has 10 nitrogen and oxygen atoms in total. The quantitative estimate of drug-likeness (QED) is 0.511. The summed E-state index contributed by atoms with van der Waals surface area (Å²) in [4.78, 5) is 17.6. The van der Waals surface area contributed by atoms with E-state index < -0.39 is 31.2 Å². The highest BCUT2D eigenvalue weighted by Gasteiger charge is 2.25. The molecule has 1 aromatic carbocycles. The molecule has 0 unspecified atom stereocenters. The summed E-state index contributed by atoms with van der Waals surface area (Å²) in [5, 5.41) is 11.0. The highest BCUT2D eigenvalue weighted by atomic mass is 32.2. The first-order valence-electron chi connectivity index (χ1n) is 6.67. The van der Waals surface area contributed by atoms with Crippen LogP contribution < -0.4 is 5.68 Å². The van der Waals surface area contributed by atoms with Crippen LogP contribution in [0.1, 0.15) is 11.4 Å². The molecular formula is C13H11N5O5S. The highest BCUT2D eigenvalue weighted by Crippen LogP contribution is 2.24. The Morgan fingerprint density at radius 1 is 1.25 bits per heavy atom. The van der Waals surface area contributed by atoms with Crippen LogP contribution >= 0.6 is 0 Å². The molecule has 2 aromatic heterocycles. The van der Waals surface area contributed by atoms with Crippen molar-refractivity contribution >= 4 is 21.5 Å². The van der Waals surface area contributed by atoms with E-state index in [9.17, 15) is 18.5 Å². The standard InChI is InChI=1S/C13H11N5O5S/c1-8-7-9(2)17-12(14-8)15-13(23-17)16-24(21,22)11-6-4-3-5-10(11)18(19)20/h3-7H,1-2H3. The zero-order valence-corrected chi connectivity index (χ0v) is 13.4. The van der Waals surface area contributed by atoms with Crippen LogP contribution in [0.4, 0.5) is 5.69 Å². The van der Waals surface area contributed by atoms with E-state index in [-0.39, 0.29) is 5.78 Å². The summed E-state index contributed by atoms with van der Waals surface area (Å²) in [6.07, 6.45) is 0. The maximum atomic E-state index is 12.4. The molecule has 0 bridgehead atoms. The molecule has 0 aliphatic carbocycles. The first-order chi connectivity index (χ1) is 11.3. The Morgan fingerprint density at radius 2 is 1.96 bits per heavy atom. The molecule has 0 atom stereocenters. The molecule has 0 spiro atoms. The molecule has 0 saturated heterocycles. The fourth-order valence-corrected chi connectivity index (χ4v) is 3.18. The van der Waals surface area contributed by atoms with Crippen LogP contribution in [-0.2, 0) is 10.0 Å². The SMILES string of the molecule is Cc1cc(C)n2oc(=NS(=O)(=O)c3ccccc3[N+](=O)[O-])nc2n1. The van der Waals surface area contributed by atoms with Crippen LogP contribution in [0.5, 0.6) is 0 Å². The van der Waals surface area contributed by atoms with Gasteiger partial charge in [0.05, 0.1) is 10.6 Å². The summed E-state index contributed by atoms with van der Waals surface area (Å²) in [7, 11) is -4.37. The van der Waals surface area contributed by atoms with Crippen molar-refractivity contribution < 1.29 is 17.9 Å². The maximum Gasteiger partial charge on any atom is 0.358 e. The first kappa shape index (κ1) is 15.8. The lowest BCUT2D eigenvalue weighted by Gasteiger charge is -1.98. The van der Waals surface area contributed by atoms with Crippen LogP contribution in [0, 0.1) is 24.0 Å². The minimum atomic E-state index is -4.37. The summed E-state index contributed by atoms with van der Waals surface area (Å²) in [6.45, 7) is 3.48. The number of nitrogens with zero attached hydrogens (tertiary/aromatic N) is 5. The van der Waals surface area contributed by atoms with Crippen LogP contribution in [0.25, 0.3) is 5.78 Å². The van der Waals surface area contributed by atoms with E-state index in [1.807, 2.05) is 0 Å². The van der Waals surface area contributed by atoms with E-state index in [0.29, 0.717) is 11.4 Å². The molecule has 0 N–H and O–H groups in total. The fraction of sp³-hybridized carbons (Fsp3) is 0.154. The van der Waals surface area contributed by atoms with Crippen molar-refractivity contribution in [3.05, 3.63) is 57.5 Å². The second-order valence-corrected chi connectivity index (χ2v) is 6.48. The van der Waals surface area contributed by atoms with Gasteiger partial charge in [0.2, 0.25) is 0 Å². The predicted octanol–water partition coefficient (Wildman–Crippen LogP) is 1.14. The number of sulfonamides is 1. The van der Waals surface area contributed by atoms with E-state index >= 15 is 0 Å². The van der Waals surface area contributed by atoms with Gasteiger partial charge in [-0.1, -0.05) is 12.1 Å². The molecule has 0 radical (unpaired) electrons. The van der Waals surface area contributed by atoms with Gasteiger partial charge in [0.15, 0.2) is 4.90 Å². The number of hydrogen-bond acceptors (Lipinski definition) is 7. The molecular weight excluding hydrogens is 338 g/mol. The number of benzene rings is 1. The lowest BCUT2D eigenvalue weighted by atomic mass is 10.3. The number of nitro groups is 1. The van der Waals surface area contributed by atoms with Gasteiger partial charge < -0.3 is 4.52 Å². The Hall–Kier alpha value is -3.08. The molecule has 0 aliphatic heterocycles.